The fourth-order valence-corrected chi connectivity index (χ4v) is 4.89. The topological polar surface area (TPSA) is 74.3 Å². The van der Waals surface area contributed by atoms with E-state index >= 15 is 0 Å². The Labute approximate surface area is 204 Å². The summed E-state index contributed by atoms with van der Waals surface area (Å²) in [5, 5.41) is 0. The second-order valence-electron chi connectivity index (χ2n) is 9.50. The number of benzene rings is 2. The molecule has 0 aliphatic carbocycles. The molecular formula is C27H31N5O3. The predicted octanol–water partition coefficient (Wildman–Crippen LogP) is 3.75. The number of aryl methyl sites for hydroxylation is 3. The van der Waals surface area contributed by atoms with Crippen LogP contribution in [-0.2, 0) is 20.1 Å². The van der Waals surface area contributed by atoms with Crippen molar-refractivity contribution in [3.8, 4) is 5.75 Å². The Bertz CT molecular complexity index is 1530. The van der Waals surface area contributed by atoms with Crippen molar-refractivity contribution in [3.63, 3.8) is 0 Å². The number of rotatable bonds is 5. The van der Waals surface area contributed by atoms with Gasteiger partial charge in [-0.05, 0) is 62.1 Å². The Morgan fingerprint density at radius 3 is 2.51 bits per heavy atom. The van der Waals surface area contributed by atoms with Gasteiger partial charge in [-0.2, -0.15) is 4.98 Å². The normalized spacial score (nSPS) is 15.5. The molecule has 0 bridgehead atoms. The van der Waals surface area contributed by atoms with Crippen molar-refractivity contribution in [2.24, 2.45) is 13.0 Å². The lowest BCUT2D eigenvalue weighted by molar-refractivity contribution is 0.340. The van der Waals surface area contributed by atoms with Crippen LogP contribution < -0.4 is 20.9 Å². The van der Waals surface area contributed by atoms with Crippen LogP contribution in [0.5, 0.6) is 5.75 Å². The first kappa shape index (κ1) is 23.0. The van der Waals surface area contributed by atoms with Crippen LogP contribution in [0.4, 0.5) is 11.6 Å². The van der Waals surface area contributed by atoms with E-state index in [-0.39, 0.29) is 23.7 Å². The van der Waals surface area contributed by atoms with Crippen LogP contribution in [0.2, 0.25) is 0 Å². The van der Waals surface area contributed by atoms with Gasteiger partial charge in [0.25, 0.3) is 5.56 Å². The van der Waals surface area contributed by atoms with Gasteiger partial charge in [-0.3, -0.25) is 13.9 Å². The van der Waals surface area contributed by atoms with E-state index in [0.29, 0.717) is 30.3 Å². The second kappa shape index (κ2) is 8.76. The van der Waals surface area contributed by atoms with Crippen LogP contribution >= 0.6 is 0 Å². The maximum Gasteiger partial charge on any atom is 0.332 e. The molecular weight excluding hydrogens is 442 g/mol. The third kappa shape index (κ3) is 3.92. The first-order valence-corrected chi connectivity index (χ1v) is 12.0. The minimum atomic E-state index is -0.362. The average Bonchev–Trinajstić information content (AvgIpc) is 3.22. The van der Waals surface area contributed by atoms with E-state index in [2.05, 4.69) is 11.8 Å². The van der Waals surface area contributed by atoms with Crippen molar-refractivity contribution in [2.75, 3.05) is 18.1 Å². The van der Waals surface area contributed by atoms with Gasteiger partial charge in [-0.15, -0.1) is 0 Å². The van der Waals surface area contributed by atoms with Crippen LogP contribution in [0.3, 0.4) is 0 Å². The molecule has 0 saturated heterocycles. The Kier molecular flexibility index (Phi) is 5.75. The average molecular weight is 474 g/mol. The predicted molar refractivity (Wildman–Crippen MR) is 138 cm³/mol. The first-order chi connectivity index (χ1) is 16.8. The molecule has 0 N–H and O–H groups in total. The molecule has 3 heterocycles. The number of fused-ring (bicyclic) bond motifs is 3. The molecule has 2 aromatic heterocycles. The minimum absolute atomic E-state index is 0.230. The van der Waals surface area contributed by atoms with Crippen molar-refractivity contribution in [1.82, 2.24) is 18.7 Å². The van der Waals surface area contributed by atoms with E-state index in [1.807, 2.05) is 67.8 Å². The Balaban J connectivity index is 1.67. The number of nitrogens with zero attached hydrogens (tertiary/aromatic N) is 5. The van der Waals surface area contributed by atoms with Gasteiger partial charge in [0, 0.05) is 25.8 Å². The highest BCUT2D eigenvalue weighted by molar-refractivity contribution is 5.77. The summed E-state index contributed by atoms with van der Waals surface area (Å²) in [6.45, 7) is 10.4. The van der Waals surface area contributed by atoms with Gasteiger partial charge in [-0.1, -0.05) is 30.7 Å². The molecule has 0 unspecified atom stereocenters. The summed E-state index contributed by atoms with van der Waals surface area (Å²) in [6.07, 6.45) is 0. The Hall–Kier alpha value is -3.81. The highest BCUT2D eigenvalue weighted by Crippen LogP contribution is 2.33. The minimum Gasteiger partial charge on any atom is -0.494 e. The summed E-state index contributed by atoms with van der Waals surface area (Å²) >= 11 is 0. The lowest BCUT2D eigenvalue weighted by atomic mass is 10.1. The van der Waals surface area contributed by atoms with Gasteiger partial charge in [0.15, 0.2) is 11.2 Å². The van der Waals surface area contributed by atoms with Crippen LogP contribution in [0.25, 0.3) is 11.2 Å². The third-order valence-electron chi connectivity index (χ3n) is 6.73. The molecule has 0 fully saturated rings. The van der Waals surface area contributed by atoms with Gasteiger partial charge in [0.2, 0.25) is 5.95 Å². The van der Waals surface area contributed by atoms with Gasteiger partial charge in [0.05, 0.1) is 13.2 Å². The van der Waals surface area contributed by atoms with Crippen LogP contribution in [0.15, 0.2) is 52.1 Å². The third-order valence-corrected chi connectivity index (χ3v) is 6.73. The van der Waals surface area contributed by atoms with Crippen molar-refractivity contribution < 1.29 is 4.74 Å². The van der Waals surface area contributed by atoms with E-state index in [1.165, 1.54) is 9.13 Å². The van der Waals surface area contributed by atoms with E-state index in [4.69, 9.17) is 9.72 Å². The molecule has 2 aromatic carbocycles. The Morgan fingerprint density at radius 2 is 1.80 bits per heavy atom. The number of hydrogen-bond acceptors (Lipinski definition) is 5. The molecule has 0 saturated carbocycles. The number of aromatic nitrogens is 4. The molecule has 0 radical (unpaired) electrons. The maximum absolute atomic E-state index is 13.8. The van der Waals surface area contributed by atoms with E-state index in [9.17, 15) is 9.59 Å². The van der Waals surface area contributed by atoms with Crippen LogP contribution in [0, 0.1) is 19.8 Å². The number of hydrogen-bond donors (Lipinski definition) is 0. The summed E-state index contributed by atoms with van der Waals surface area (Å²) in [4.78, 5) is 34.0. The highest BCUT2D eigenvalue weighted by atomic mass is 16.5. The summed E-state index contributed by atoms with van der Waals surface area (Å²) < 4.78 is 10.4. The van der Waals surface area contributed by atoms with Crippen molar-refractivity contribution >= 4 is 22.8 Å². The van der Waals surface area contributed by atoms with Crippen molar-refractivity contribution in [1.29, 1.82) is 0 Å². The monoisotopic (exact) mass is 473 g/mol. The smallest absolute Gasteiger partial charge is 0.332 e. The standard InChI is InChI=1S/C27H31N5O3/c1-6-35-22-11-9-21(10-12-22)30-14-18(3)15-31-23-24(28-26(30)31)29(5)27(34)32(25(23)33)16-20-13-17(2)7-8-19(20)4/h7-13,18H,6,14-16H2,1-5H3/t18-/m0/s1. The second-order valence-corrected chi connectivity index (χ2v) is 9.50. The zero-order chi connectivity index (χ0) is 24.9. The molecule has 8 heteroatoms. The summed E-state index contributed by atoms with van der Waals surface area (Å²) in [5.74, 6) is 1.78. The van der Waals surface area contributed by atoms with Crippen molar-refractivity contribution in [3.05, 3.63) is 80.0 Å². The molecule has 4 aromatic rings. The van der Waals surface area contributed by atoms with Crippen molar-refractivity contribution in [2.45, 2.75) is 40.8 Å². The highest BCUT2D eigenvalue weighted by Gasteiger charge is 2.30. The molecule has 0 spiro atoms. The van der Waals surface area contributed by atoms with Gasteiger partial charge in [-0.25, -0.2) is 4.79 Å². The Morgan fingerprint density at radius 1 is 1.06 bits per heavy atom. The molecule has 1 aliphatic rings. The SMILES string of the molecule is CCOc1ccc(N2C[C@H](C)Cn3c2nc2c3c(=O)n(Cc3cc(C)ccc3C)c(=O)n2C)cc1. The van der Waals surface area contributed by atoms with Gasteiger partial charge < -0.3 is 14.2 Å². The summed E-state index contributed by atoms with van der Waals surface area (Å²) in [6, 6.07) is 14.0. The quantitative estimate of drug-likeness (QED) is 0.441. The number of ether oxygens (including phenoxy) is 1. The molecule has 8 nitrogen and oxygen atoms in total. The largest absolute Gasteiger partial charge is 0.494 e. The first-order valence-electron chi connectivity index (χ1n) is 12.0. The van der Waals surface area contributed by atoms with Crippen LogP contribution in [-0.4, -0.2) is 31.8 Å². The zero-order valence-electron chi connectivity index (χ0n) is 20.9. The van der Waals surface area contributed by atoms with Gasteiger partial charge in [0.1, 0.15) is 5.75 Å². The lowest BCUT2D eigenvalue weighted by Crippen LogP contribution is -2.40. The lowest BCUT2D eigenvalue weighted by Gasteiger charge is -2.33. The van der Waals surface area contributed by atoms with Crippen LogP contribution in [0.1, 0.15) is 30.5 Å². The zero-order valence-corrected chi connectivity index (χ0v) is 20.9. The number of imidazole rings is 1. The van der Waals surface area contributed by atoms with E-state index in [1.54, 1.807) is 7.05 Å². The van der Waals surface area contributed by atoms with Gasteiger partial charge >= 0.3 is 5.69 Å². The summed E-state index contributed by atoms with van der Waals surface area (Å²) in [5.41, 5.74) is 4.30. The van der Waals surface area contributed by atoms with E-state index < -0.39 is 0 Å². The summed E-state index contributed by atoms with van der Waals surface area (Å²) in [7, 11) is 1.69. The fourth-order valence-electron chi connectivity index (χ4n) is 4.89. The fraction of sp³-hybridized carbons (Fsp3) is 0.370. The molecule has 35 heavy (non-hydrogen) atoms. The molecule has 5 rings (SSSR count). The molecule has 1 atom stereocenters. The van der Waals surface area contributed by atoms with E-state index in [0.717, 1.165) is 34.7 Å². The molecule has 0 amide bonds. The number of anilines is 2. The maximum atomic E-state index is 13.8. The molecule has 182 valence electrons. The molecule has 1 aliphatic heterocycles.